The van der Waals surface area contributed by atoms with Gasteiger partial charge in [-0.05, 0) is 60.4 Å². The molecule has 1 aromatic heterocycles. The molecule has 0 aliphatic carbocycles. The van der Waals surface area contributed by atoms with E-state index in [1.807, 2.05) is 6.07 Å². The van der Waals surface area contributed by atoms with Crippen molar-refractivity contribution in [1.82, 2.24) is 15.0 Å². The van der Waals surface area contributed by atoms with Crippen LogP contribution in [0.1, 0.15) is 29.2 Å². The first-order valence-corrected chi connectivity index (χ1v) is 11.1. The number of ether oxygens (including phenoxy) is 1. The molecule has 9 heteroatoms. The Morgan fingerprint density at radius 1 is 1.00 bits per heavy atom. The topological polar surface area (TPSA) is 54.6 Å². The van der Waals surface area contributed by atoms with Crippen molar-refractivity contribution in [2.75, 3.05) is 44.2 Å². The number of anilines is 1. The van der Waals surface area contributed by atoms with Gasteiger partial charge in [0.15, 0.2) is 6.33 Å². The molecule has 0 N–H and O–H groups in total. The van der Waals surface area contributed by atoms with Crippen LogP contribution in [0.2, 0.25) is 0 Å². The molecule has 0 bridgehead atoms. The molecule has 3 aromatic rings. The fraction of sp³-hybridized carbons (Fsp3) is 0.417. The summed E-state index contributed by atoms with van der Waals surface area (Å²) in [4.78, 5) is 8.66. The van der Waals surface area contributed by atoms with Crippen LogP contribution >= 0.6 is 0 Å². The second-order valence-electron chi connectivity index (χ2n) is 8.43. The standard InChI is InChI=1S/C24H25F3N4O2/c25-24(26,27)19-2-4-20(5-3-19)31-12-10-30(11-13-31)9-7-22-21-6-1-18(23-28-16-29-33-23)15-17(21)8-14-32-22/h1-6,15-16,22H,7-14H2. The molecule has 6 nitrogen and oxygen atoms in total. The highest BCUT2D eigenvalue weighted by atomic mass is 19.4. The van der Waals surface area contributed by atoms with E-state index in [0.29, 0.717) is 12.5 Å². The van der Waals surface area contributed by atoms with Crippen molar-refractivity contribution >= 4 is 5.69 Å². The Morgan fingerprint density at radius 3 is 2.48 bits per heavy atom. The van der Waals surface area contributed by atoms with Crippen LogP contribution in [0, 0.1) is 0 Å². The first-order chi connectivity index (χ1) is 16.0. The van der Waals surface area contributed by atoms with Gasteiger partial charge in [-0.15, -0.1) is 0 Å². The lowest BCUT2D eigenvalue weighted by atomic mass is 9.93. The minimum atomic E-state index is -4.30. The lowest BCUT2D eigenvalue weighted by Crippen LogP contribution is -2.47. The molecule has 33 heavy (non-hydrogen) atoms. The summed E-state index contributed by atoms with van der Waals surface area (Å²) in [5, 5.41) is 3.68. The summed E-state index contributed by atoms with van der Waals surface area (Å²) in [5.41, 5.74) is 3.62. The van der Waals surface area contributed by atoms with Crippen molar-refractivity contribution in [3.05, 3.63) is 65.5 Å². The molecule has 1 atom stereocenters. The van der Waals surface area contributed by atoms with E-state index in [0.717, 1.165) is 68.9 Å². The van der Waals surface area contributed by atoms with E-state index in [-0.39, 0.29) is 6.10 Å². The molecule has 3 heterocycles. The molecule has 0 spiro atoms. The van der Waals surface area contributed by atoms with Gasteiger partial charge in [0.05, 0.1) is 18.3 Å². The number of aromatic nitrogens is 2. The van der Waals surface area contributed by atoms with E-state index in [4.69, 9.17) is 9.26 Å². The summed E-state index contributed by atoms with van der Waals surface area (Å²) in [6, 6.07) is 11.6. The van der Waals surface area contributed by atoms with Crippen LogP contribution in [0.3, 0.4) is 0 Å². The van der Waals surface area contributed by atoms with Gasteiger partial charge in [-0.3, -0.25) is 4.90 Å². The Balaban J connectivity index is 1.15. The summed E-state index contributed by atoms with van der Waals surface area (Å²) >= 11 is 0. The Bertz CT molecular complexity index is 1060. The van der Waals surface area contributed by atoms with Crippen LogP contribution in [0.25, 0.3) is 11.5 Å². The number of nitrogens with zero attached hydrogens (tertiary/aromatic N) is 4. The average molecular weight is 458 g/mol. The Hall–Kier alpha value is -2.91. The van der Waals surface area contributed by atoms with Gasteiger partial charge in [0.1, 0.15) is 0 Å². The SMILES string of the molecule is FC(F)(F)c1ccc(N2CCN(CCC3OCCc4cc(-c5ncno5)ccc43)CC2)cc1. The maximum Gasteiger partial charge on any atom is 0.416 e. The van der Waals surface area contributed by atoms with Gasteiger partial charge in [0, 0.05) is 44.0 Å². The molecular weight excluding hydrogens is 433 g/mol. The summed E-state index contributed by atoms with van der Waals surface area (Å²) in [6.45, 7) is 4.93. The van der Waals surface area contributed by atoms with Crippen LogP contribution in [0.5, 0.6) is 0 Å². The summed E-state index contributed by atoms with van der Waals surface area (Å²) < 4.78 is 49.6. The molecule has 0 radical (unpaired) electrons. The zero-order valence-electron chi connectivity index (χ0n) is 18.1. The third kappa shape index (κ3) is 4.89. The third-order valence-corrected chi connectivity index (χ3v) is 6.43. The zero-order chi connectivity index (χ0) is 22.8. The molecule has 1 saturated heterocycles. The second-order valence-corrected chi connectivity index (χ2v) is 8.43. The van der Waals surface area contributed by atoms with Gasteiger partial charge in [-0.2, -0.15) is 18.2 Å². The fourth-order valence-electron chi connectivity index (χ4n) is 4.60. The molecular formula is C24H25F3N4O2. The van der Waals surface area contributed by atoms with Gasteiger partial charge in [-0.25, -0.2) is 0 Å². The number of hydrogen-bond donors (Lipinski definition) is 0. The van der Waals surface area contributed by atoms with Gasteiger partial charge in [0.25, 0.3) is 5.89 Å². The monoisotopic (exact) mass is 458 g/mol. The molecule has 2 aliphatic rings. The molecule has 2 aliphatic heterocycles. The maximum absolute atomic E-state index is 12.8. The summed E-state index contributed by atoms with van der Waals surface area (Å²) in [5.74, 6) is 0.520. The van der Waals surface area contributed by atoms with E-state index >= 15 is 0 Å². The van der Waals surface area contributed by atoms with E-state index in [9.17, 15) is 13.2 Å². The molecule has 174 valence electrons. The van der Waals surface area contributed by atoms with Gasteiger partial charge >= 0.3 is 6.18 Å². The number of rotatable bonds is 5. The Labute approximate surface area is 189 Å². The van der Waals surface area contributed by atoms with Crippen LogP contribution in [-0.2, 0) is 17.3 Å². The number of halogens is 3. The van der Waals surface area contributed by atoms with Crippen molar-refractivity contribution in [1.29, 1.82) is 0 Å². The van der Waals surface area contributed by atoms with Crippen LogP contribution < -0.4 is 4.90 Å². The second kappa shape index (κ2) is 9.15. The number of benzene rings is 2. The Kier molecular flexibility index (Phi) is 6.07. The normalized spacial score (nSPS) is 19.5. The lowest BCUT2D eigenvalue weighted by molar-refractivity contribution is -0.137. The van der Waals surface area contributed by atoms with Crippen molar-refractivity contribution in [3.63, 3.8) is 0 Å². The number of hydrogen-bond acceptors (Lipinski definition) is 6. The molecule has 5 rings (SSSR count). The highest BCUT2D eigenvalue weighted by Crippen LogP contribution is 2.33. The van der Waals surface area contributed by atoms with E-state index in [1.54, 1.807) is 12.1 Å². The third-order valence-electron chi connectivity index (χ3n) is 6.43. The fourth-order valence-corrected chi connectivity index (χ4v) is 4.60. The van der Waals surface area contributed by atoms with Gasteiger partial charge < -0.3 is 14.2 Å². The van der Waals surface area contributed by atoms with E-state index in [1.165, 1.54) is 17.5 Å². The largest absolute Gasteiger partial charge is 0.416 e. The van der Waals surface area contributed by atoms with Crippen LogP contribution in [-0.4, -0.2) is 54.4 Å². The summed E-state index contributed by atoms with van der Waals surface area (Å²) in [7, 11) is 0. The first kappa shape index (κ1) is 21.9. The summed E-state index contributed by atoms with van der Waals surface area (Å²) in [6.07, 6.45) is -1.09. The zero-order valence-corrected chi connectivity index (χ0v) is 18.1. The molecule has 1 fully saturated rings. The lowest BCUT2D eigenvalue weighted by Gasteiger charge is -2.37. The molecule has 2 aromatic carbocycles. The van der Waals surface area contributed by atoms with E-state index < -0.39 is 11.7 Å². The molecule has 1 unspecified atom stereocenters. The van der Waals surface area contributed by atoms with Gasteiger partial charge in [-0.1, -0.05) is 11.2 Å². The number of alkyl halides is 3. The minimum absolute atomic E-state index is 0.0541. The van der Waals surface area contributed by atoms with Crippen LogP contribution in [0.4, 0.5) is 18.9 Å². The maximum atomic E-state index is 12.8. The van der Waals surface area contributed by atoms with E-state index in [2.05, 4.69) is 32.1 Å². The van der Waals surface area contributed by atoms with Crippen molar-refractivity contribution in [2.24, 2.45) is 0 Å². The predicted molar refractivity (Wildman–Crippen MR) is 117 cm³/mol. The van der Waals surface area contributed by atoms with Gasteiger partial charge in [0.2, 0.25) is 0 Å². The highest BCUT2D eigenvalue weighted by Gasteiger charge is 2.30. The first-order valence-electron chi connectivity index (χ1n) is 11.1. The average Bonchev–Trinajstić information content (AvgIpc) is 3.37. The smallest absolute Gasteiger partial charge is 0.373 e. The van der Waals surface area contributed by atoms with Crippen LogP contribution in [0.15, 0.2) is 53.3 Å². The number of fused-ring (bicyclic) bond motifs is 1. The predicted octanol–water partition coefficient (Wildman–Crippen LogP) is 4.58. The molecule has 0 saturated carbocycles. The van der Waals surface area contributed by atoms with Crippen molar-refractivity contribution in [2.45, 2.75) is 25.1 Å². The number of piperazine rings is 1. The molecule has 0 amide bonds. The quantitative estimate of drug-likeness (QED) is 0.558. The highest BCUT2D eigenvalue weighted by molar-refractivity contribution is 5.56. The minimum Gasteiger partial charge on any atom is -0.373 e. The van der Waals surface area contributed by atoms with Crippen molar-refractivity contribution < 1.29 is 22.4 Å². The van der Waals surface area contributed by atoms with Crippen molar-refractivity contribution in [3.8, 4) is 11.5 Å². The Morgan fingerprint density at radius 2 is 1.79 bits per heavy atom.